The van der Waals surface area contributed by atoms with E-state index >= 15 is 0 Å². The van der Waals surface area contributed by atoms with Gasteiger partial charge in [-0.3, -0.25) is 0 Å². The third kappa shape index (κ3) is 4.23. The van der Waals surface area contributed by atoms with Crippen molar-refractivity contribution in [3.63, 3.8) is 0 Å². The Morgan fingerprint density at radius 1 is 1.22 bits per heavy atom. The maximum Gasteiger partial charge on any atom is 0.243 e. The molecular formula is C20H26ClN3O2S. The van der Waals surface area contributed by atoms with Crippen molar-refractivity contribution in [2.75, 3.05) is 43.4 Å². The van der Waals surface area contributed by atoms with Crippen LogP contribution in [0.3, 0.4) is 0 Å². The van der Waals surface area contributed by atoms with E-state index in [1.54, 1.807) is 6.07 Å². The quantitative estimate of drug-likeness (QED) is 0.759. The van der Waals surface area contributed by atoms with Crippen molar-refractivity contribution in [1.82, 2.24) is 4.31 Å². The second kappa shape index (κ2) is 8.09. The summed E-state index contributed by atoms with van der Waals surface area (Å²) < 4.78 is 27.7. The highest BCUT2D eigenvalue weighted by Crippen LogP contribution is 2.30. The molecule has 0 spiro atoms. The van der Waals surface area contributed by atoms with Crippen LogP contribution in [0.1, 0.15) is 18.1 Å². The number of aryl methyl sites for hydroxylation is 1. The Labute approximate surface area is 167 Å². The van der Waals surface area contributed by atoms with Crippen molar-refractivity contribution in [3.8, 4) is 0 Å². The van der Waals surface area contributed by atoms with Crippen LogP contribution in [0.25, 0.3) is 0 Å². The van der Waals surface area contributed by atoms with E-state index in [1.807, 2.05) is 51.2 Å². The number of fused-ring (bicyclic) bond motifs is 1. The first-order valence-corrected chi connectivity index (χ1v) is 11.0. The lowest BCUT2D eigenvalue weighted by atomic mass is 10.2. The molecule has 2 aromatic carbocycles. The summed E-state index contributed by atoms with van der Waals surface area (Å²) in [4.78, 5) is 2.53. The molecule has 0 bridgehead atoms. The first-order chi connectivity index (χ1) is 12.8. The predicted octanol–water partition coefficient (Wildman–Crippen LogP) is 3.76. The molecule has 0 aliphatic carbocycles. The minimum absolute atomic E-state index is 0.373. The Morgan fingerprint density at radius 3 is 2.74 bits per heavy atom. The van der Waals surface area contributed by atoms with Crippen LogP contribution in [-0.2, 0) is 16.4 Å². The summed E-state index contributed by atoms with van der Waals surface area (Å²) in [5.74, 6) is 0. The van der Waals surface area contributed by atoms with Gasteiger partial charge in [0.2, 0.25) is 10.0 Å². The summed E-state index contributed by atoms with van der Waals surface area (Å²) >= 11 is 6.05. The van der Waals surface area contributed by atoms with Gasteiger partial charge in [-0.15, -0.1) is 0 Å². The van der Waals surface area contributed by atoms with E-state index in [4.69, 9.17) is 11.6 Å². The molecule has 1 heterocycles. The van der Waals surface area contributed by atoms with Crippen molar-refractivity contribution < 1.29 is 8.42 Å². The molecule has 2 aromatic rings. The molecular weight excluding hydrogens is 382 g/mol. The Bertz CT molecular complexity index is 931. The maximum atomic E-state index is 13.1. The molecule has 0 radical (unpaired) electrons. The van der Waals surface area contributed by atoms with Crippen LogP contribution in [0.4, 0.5) is 11.4 Å². The maximum absolute atomic E-state index is 13.1. The lowest BCUT2D eigenvalue weighted by Crippen LogP contribution is -2.35. The summed E-state index contributed by atoms with van der Waals surface area (Å²) in [6.45, 7) is 6.12. The van der Waals surface area contributed by atoms with Gasteiger partial charge >= 0.3 is 0 Å². The van der Waals surface area contributed by atoms with Gasteiger partial charge in [0.15, 0.2) is 0 Å². The molecule has 0 unspecified atom stereocenters. The SMILES string of the molecule is CCN(CCNc1cc(Cl)ccc1C)S(=O)(=O)c1ccc2c(c1)CCN2C. The van der Waals surface area contributed by atoms with Gasteiger partial charge in [-0.2, -0.15) is 4.31 Å². The average molecular weight is 408 g/mol. The molecule has 1 aliphatic rings. The van der Waals surface area contributed by atoms with Gasteiger partial charge in [0.25, 0.3) is 0 Å². The number of hydrogen-bond acceptors (Lipinski definition) is 4. The fraction of sp³-hybridized carbons (Fsp3) is 0.400. The molecule has 0 fully saturated rings. The van der Waals surface area contributed by atoms with Crippen LogP contribution in [-0.4, -0.2) is 45.9 Å². The van der Waals surface area contributed by atoms with E-state index in [0.29, 0.717) is 29.6 Å². The number of halogens is 1. The number of nitrogens with one attached hydrogen (secondary N) is 1. The van der Waals surface area contributed by atoms with Gasteiger partial charge in [-0.05, 0) is 54.8 Å². The zero-order valence-corrected chi connectivity index (χ0v) is 17.6. The zero-order valence-electron chi connectivity index (χ0n) is 16.0. The number of anilines is 2. The molecule has 27 heavy (non-hydrogen) atoms. The minimum atomic E-state index is -3.51. The molecule has 0 atom stereocenters. The Balaban J connectivity index is 1.71. The smallest absolute Gasteiger partial charge is 0.243 e. The third-order valence-corrected chi connectivity index (χ3v) is 7.25. The Morgan fingerprint density at radius 2 is 2.00 bits per heavy atom. The van der Waals surface area contributed by atoms with Crippen LogP contribution in [0.2, 0.25) is 5.02 Å². The topological polar surface area (TPSA) is 52.7 Å². The second-order valence-corrected chi connectivity index (χ2v) is 9.22. The highest BCUT2D eigenvalue weighted by Gasteiger charge is 2.25. The fourth-order valence-corrected chi connectivity index (χ4v) is 5.07. The monoisotopic (exact) mass is 407 g/mol. The van der Waals surface area contributed by atoms with Gasteiger partial charge < -0.3 is 10.2 Å². The number of sulfonamides is 1. The van der Waals surface area contributed by atoms with Crippen LogP contribution < -0.4 is 10.2 Å². The van der Waals surface area contributed by atoms with Crippen LogP contribution in [0, 0.1) is 6.92 Å². The van der Waals surface area contributed by atoms with Crippen LogP contribution in [0.5, 0.6) is 0 Å². The Hall–Kier alpha value is -1.76. The van der Waals surface area contributed by atoms with Crippen LogP contribution >= 0.6 is 11.6 Å². The zero-order chi connectivity index (χ0) is 19.6. The van der Waals surface area contributed by atoms with Gasteiger partial charge in [0, 0.05) is 49.6 Å². The minimum Gasteiger partial charge on any atom is -0.383 e. The van der Waals surface area contributed by atoms with E-state index in [9.17, 15) is 8.42 Å². The number of benzene rings is 2. The number of likely N-dealkylation sites (N-methyl/N-ethyl adjacent to an activating group) is 2. The van der Waals surface area contributed by atoms with Crippen molar-refractivity contribution in [1.29, 1.82) is 0 Å². The van der Waals surface area contributed by atoms with Crippen molar-refractivity contribution in [2.24, 2.45) is 0 Å². The van der Waals surface area contributed by atoms with Crippen LogP contribution in [0.15, 0.2) is 41.3 Å². The molecule has 1 aliphatic heterocycles. The van der Waals surface area contributed by atoms with Crippen molar-refractivity contribution in [3.05, 3.63) is 52.5 Å². The first-order valence-electron chi connectivity index (χ1n) is 9.17. The lowest BCUT2D eigenvalue weighted by molar-refractivity contribution is 0.439. The predicted molar refractivity (Wildman–Crippen MR) is 113 cm³/mol. The molecule has 1 N–H and O–H groups in total. The van der Waals surface area contributed by atoms with E-state index in [-0.39, 0.29) is 0 Å². The first kappa shape index (κ1) is 20.0. The van der Waals surface area contributed by atoms with Gasteiger partial charge in [0.1, 0.15) is 0 Å². The van der Waals surface area contributed by atoms with Crippen molar-refractivity contribution in [2.45, 2.75) is 25.2 Å². The summed E-state index contributed by atoms with van der Waals surface area (Å²) in [7, 11) is -1.48. The molecule has 0 amide bonds. The molecule has 146 valence electrons. The van der Waals surface area contributed by atoms with E-state index in [2.05, 4.69) is 10.2 Å². The molecule has 0 aromatic heterocycles. The third-order valence-electron chi connectivity index (χ3n) is 5.05. The highest BCUT2D eigenvalue weighted by atomic mass is 35.5. The van der Waals surface area contributed by atoms with Gasteiger partial charge in [-0.25, -0.2) is 8.42 Å². The number of hydrogen-bond donors (Lipinski definition) is 1. The second-order valence-electron chi connectivity index (χ2n) is 6.84. The molecule has 5 nitrogen and oxygen atoms in total. The summed E-state index contributed by atoms with van der Waals surface area (Å²) in [6.07, 6.45) is 0.886. The van der Waals surface area contributed by atoms with Crippen molar-refractivity contribution >= 4 is 33.0 Å². The standard InChI is InChI=1S/C20H26ClN3O2S/c1-4-24(12-10-22-19-14-17(21)6-5-15(19)2)27(25,26)18-7-8-20-16(13-18)9-11-23(20)3/h5-8,13-14,22H,4,9-12H2,1-3H3. The summed E-state index contributed by atoms with van der Waals surface area (Å²) in [5.41, 5.74) is 4.22. The molecule has 3 rings (SSSR count). The lowest BCUT2D eigenvalue weighted by Gasteiger charge is -2.22. The number of nitrogens with zero attached hydrogens (tertiary/aromatic N) is 2. The van der Waals surface area contributed by atoms with E-state index in [1.165, 1.54) is 4.31 Å². The Kier molecular flexibility index (Phi) is 5.99. The molecule has 7 heteroatoms. The van der Waals surface area contributed by atoms with Gasteiger partial charge in [-0.1, -0.05) is 24.6 Å². The molecule has 0 saturated heterocycles. The fourth-order valence-electron chi connectivity index (χ4n) is 3.40. The summed E-state index contributed by atoms with van der Waals surface area (Å²) in [6, 6.07) is 11.1. The normalized spacial score (nSPS) is 13.9. The largest absolute Gasteiger partial charge is 0.383 e. The number of rotatable bonds is 7. The van der Waals surface area contributed by atoms with E-state index < -0.39 is 10.0 Å². The van der Waals surface area contributed by atoms with E-state index in [0.717, 1.165) is 35.5 Å². The molecule has 0 saturated carbocycles. The highest BCUT2D eigenvalue weighted by molar-refractivity contribution is 7.89. The van der Waals surface area contributed by atoms with Gasteiger partial charge in [0.05, 0.1) is 4.90 Å². The average Bonchev–Trinajstić information content (AvgIpc) is 3.02. The summed E-state index contributed by atoms with van der Waals surface area (Å²) in [5, 5.41) is 3.95.